The van der Waals surface area contributed by atoms with Crippen molar-refractivity contribution in [3.8, 4) is 5.88 Å². The molecule has 20 heavy (non-hydrogen) atoms. The second-order valence-electron chi connectivity index (χ2n) is 4.18. The van der Waals surface area contributed by atoms with E-state index in [4.69, 9.17) is 4.74 Å². The van der Waals surface area contributed by atoms with Crippen molar-refractivity contribution < 1.29 is 19.0 Å². The molecule has 0 aliphatic heterocycles. The van der Waals surface area contributed by atoms with Crippen LogP contribution in [0.25, 0.3) is 0 Å². The summed E-state index contributed by atoms with van der Waals surface area (Å²) in [4.78, 5) is 19.4. The Hall–Kier alpha value is -2.50. The van der Waals surface area contributed by atoms with Gasteiger partial charge in [0.1, 0.15) is 17.6 Å². The second-order valence-corrected chi connectivity index (χ2v) is 4.18. The van der Waals surface area contributed by atoms with Crippen molar-refractivity contribution in [1.82, 2.24) is 9.97 Å². The van der Waals surface area contributed by atoms with Crippen molar-refractivity contribution >= 4 is 5.97 Å². The average molecular weight is 276 g/mol. The third-order valence-corrected chi connectivity index (χ3v) is 2.82. The smallest absolute Gasteiger partial charge is 0.314 e. The molecule has 2 aromatic rings. The lowest BCUT2D eigenvalue weighted by molar-refractivity contribution is -0.139. The van der Waals surface area contributed by atoms with Gasteiger partial charge in [0.05, 0.1) is 7.11 Å². The van der Waals surface area contributed by atoms with E-state index in [2.05, 4.69) is 9.97 Å². The van der Waals surface area contributed by atoms with Crippen LogP contribution in [0.4, 0.5) is 4.39 Å². The molecular formula is C14H13FN2O3. The summed E-state index contributed by atoms with van der Waals surface area (Å²) in [6, 6.07) is 7.22. The van der Waals surface area contributed by atoms with Gasteiger partial charge >= 0.3 is 5.97 Å². The van der Waals surface area contributed by atoms with Crippen molar-refractivity contribution in [3.63, 3.8) is 0 Å². The molecule has 1 N–H and O–H groups in total. The quantitative estimate of drug-likeness (QED) is 0.904. The van der Waals surface area contributed by atoms with E-state index in [9.17, 15) is 14.3 Å². The van der Waals surface area contributed by atoms with E-state index in [-0.39, 0.29) is 18.1 Å². The molecule has 0 saturated carbocycles. The first-order valence-electron chi connectivity index (χ1n) is 5.94. The highest BCUT2D eigenvalue weighted by Crippen LogP contribution is 2.20. The van der Waals surface area contributed by atoms with E-state index >= 15 is 0 Å². The molecule has 0 fully saturated rings. The maximum Gasteiger partial charge on any atom is 0.314 e. The van der Waals surface area contributed by atoms with E-state index in [0.717, 1.165) is 0 Å². The molecule has 5 nitrogen and oxygen atoms in total. The molecule has 104 valence electrons. The molecule has 1 aromatic carbocycles. The van der Waals surface area contributed by atoms with Crippen molar-refractivity contribution in [1.29, 1.82) is 0 Å². The van der Waals surface area contributed by atoms with Crippen molar-refractivity contribution in [2.75, 3.05) is 7.11 Å². The maximum atomic E-state index is 12.8. The first-order valence-corrected chi connectivity index (χ1v) is 5.94. The van der Waals surface area contributed by atoms with Crippen LogP contribution < -0.4 is 4.74 Å². The van der Waals surface area contributed by atoms with Gasteiger partial charge in [-0.05, 0) is 24.1 Å². The third kappa shape index (κ3) is 3.28. The van der Waals surface area contributed by atoms with Gasteiger partial charge in [0, 0.05) is 12.3 Å². The van der Waals surface area contributed by atoms with Gasteiger partial charge in [0.25, 0.3) is 0 Å². The van der Waals surface area contributed by atoms with Gasteiger partial charge in [-0.2, -0.15) is 4.98 Å². The highest BCUT2D eigenvalue weighted by molar-refractivity contribution is 5.75. The summed E-state index contributed by atoms with van der Waals surface area (Å²) < 4.78 is 17.8. The predicted octanol–water partition coefficient (Wildman–Crippen LogP) is 2.04. The Morgan fingerprint density at radius 3 is 2.65 bits per heavy atom. The zero-order chi connectivity index (χ0) is 14.5. The number of carboxylic acid groups (broad SMARTS) is 1. The Kier molecular flexibility index (Phi) is 4.24. The fraction of sp³-hybridized carbons (Fsp3) is 0.214. The fourth-order valence-electron chi connectivity index (χ4n) is 1.78. The zero-order valence-electron chi connectivity index (χ0n) is 10.8. The zero-order valence-corrected chi connectivity index (χ0v) is 10.8. The Morgan fingerprint density at radius 2 is 2.05 bits per heavy atom. The van der Waals surface area contributed by atoms with Gasteiger partial charge in [-0.25, -0.2) is 9.37 Å². The molecule has 0 aliphatic carbocycles. The highest BCUT2D eigenvalue weighted by atomic mass is 19.1. The molecule has 0 saturated heterocycles. The number of benzene rings is 1. The molecule has 0 radical (unpaired) electrons. The van der Waals surface area contributed by atoms with Crippen LogP contribution in [-0.2, 0) is 11.2 Å². The summed E-state index contributed by atoms with van der Waals surface area (Å²) in [5.74, 6) is -1.84. The van der Waals surface area contributed by atoms with Crippen LogP contribution in [0.2, 0.25) is 0 Å². The minimum absolute atomic E-state index is 0.168. The number of ether oxygens (including phenoxy) is 1. The van der Waals surface area contributed by atoms with Crippen LogP contribution in [0.1, 0.15) is 17.3 Å². The van der Waals surface area contributed by atoms with Crippen molar-refractivity contribution in [3.05, 3.63) is 53.7 Å². The Labute approximate surface area is 115 Å². The number of hydrogen-bond donors (Lipinski definition) is 1. The fourth-order valence-corrected chi connectivity index (χ4v) is 1.78. The van der Waals surface area contributed by atoms with Crippen molar-refractivity contribution in [2.45, 2.75) is 12.3 Å². The number of halogens is 1. The van der Waals surface area contributed by atoms with Crippen LogP contribution in [-0.4, -0.2) is 28.2 Å². The molecule has 1 atom stereocenters. The standard InChI is InChI=1S/C14H13FN2O3/c1-20-12-6-7-16-13(17-12)11(14(18)19)8-9-2-4-10(15)5-3-9/h2-7,11H,8H2,1H3,(H,18,19). The summed E-state index contributed by atoms with van der Waals surface area (Å²) in [7, 11) is 1.45. The van der Waals surface area contributed by atoms with Gasteiger partial charge in [0.15, 0.2) is 0 Å². The van der Waals surface area contributed by atoms with Crippen LogP contribution in [0.15, 0.2) is 36.5 Å². The molecule has 0 amide bonds. The van der Waals surface area contributed by atoms with E-state index in [1.165, 1.54) is 25.4 Å². The van der Waals surface area contributed by atoms with Crippen LogP contribution in [0, 0.1) is 5.82 Å². The number of aliphatic carboxylic acids is 1. The number of carbonyl (C=O) groups is 1. The van der Waals surface area contributed by atoms with E-state index < -0.39 is 11.9 Å². The third-order valence-electron chi connectivity index (χ3n) is 2.82. The van der Waals surface area contributed by atoms with E-state index in [1.807, 2.05) is 0 Å². The maximum absolute atomic E-state index is 12.8. The molecule has 0 aliphatic rings. The summed E-state index contributed by atoms with van der Waals surface area (Å²) in [5.41, 5.74) is 0.699. The first-order chi connectivity index (χ1) is 9.60. The lowest BCUT2D eigenvalue weighted by Gasteiger charge is -2.11. The second kappa shape index (κ2) is 6.10. The molecule has 1 unspecified atom stereocenters. The molecule has 1 heterocycles. The Balaban J connectivity index is 2.26. The van der Waals surface area contributed by atoms with Gasteiger partial charge in [-0.3, -0.25) is 4.79 Å². The molecule has 6 heteroatoms. The number of methoxy groups -OCH3 is 1. The Morgan fingerprint density at radius 1 is 1.35 bits per heavy atom. The van der Waals surface area contributed by atoms with Crippen molar-refractivity contribution in [2.24, 2.45) is 0 Å². The van der Waals surface area contributed by atoms with Gasteiger partial charge in [0.2, 0.25) is 5.88 Å². The lowest BCUT2D eigenvalue weighted by Crippen LogP contribution is -2.17. The monoisotopic (exact) mass is 276 g/mol. The number of rotatable bonds is 5. The minimum atomic E-state index is -1.04. The predicted molar refractivity (Wildman–Crippen MR) is 69.1 cm³/mol. The molecule has 1 aromatic heterocycles. The number of carboxylic acids is 1. The minimum Gasteiger partial charge on any atom is -0.481 e. The first kappa shape index (κ1) is 13.9. The van der Waals surface area contributed by atoms with Crippen LogP contribution >= 0.6 is 0 Å². The number of nitrogens with zero attached hydrogens (tertiary/aromatic N) is 2. The Bertz CT molecular complexity index is 602. The summed E-state index contributed by atoms with van der Waals surface area (Å²) in [6.07, 6.45) is 1.63. The van der Waals surface area contributed by atoms with Gasteiger partial charge in [-0.15, -0.1) is 0 Å². The van der Waals surface area contributed by atoms with Gasteiger partial charge in [-0.1, -0.05) is 12.1 Å². The topological polar surface area (TPSA) is 72.3 Å². The summed E-state index contributed by atoms with van der Waals surface area (Å²) in [6.45, 7) is 0. The summed E-state index contributed by atoms with van der Waals surface area (Å²) >= 11 is 0. The largest absolute Gasteiger partial charge is 0.481 e. The number of hydrogen-bond acceptors (Lipinski definition) is 4. The normalized spacial score (nSPS) is 11.9. The number of aromatic nitrogens is 2. The SMILES string of the molecule is COc1ccnc(C(Cc2ccc(F)cc2)C(=O)O)n1. The molecule has 0 bridgehead atoms. The van der Waals surface area contributed by atoms with Crippen LogP contribution in [0.5, 0.6) is 5.88 Å². The summed E-state index contributed by atoms with van der Waals surface area (Å²) in [5, 5.41) is 9.31. The highest BCUT2D eigenvalue weighted by Gasteiger charge is 2.23. The van der Waals surface area contributed by atoms with E-state index in [1.54, 1.807) is 18.2 Å². The van der Waals surface area contributed by atoms with Gasteiger partial charge < -0.3 is 9.84 Å². The molecule has 0 spiro atoms. The average Bonchev–Trinajstić information content (AvgIpc) is 2.46. The van der Waals surface area contributed by atoms with Crippen LogP contribution in [0.3, 0.4) is 0 Å². The molecule has 2 rings (SSSR count). The molecular weight excluding hydrogens is 263 g/mol. The van der Waals surface area contributed by atoms with E-state index in [0.29, 0.717) is 11.4 Å². The lowest BCUT2D eigenvalue weighted by atomic mass is 9.98.